The number of thiazole rings is 1. The summed E-state index contributed by atoms with van der Waals surface area (Å²) in [5.41, 5.74) is 3.46. The molecule has 0 aliphatic rings. The molecule has 178 valence electrons. The topological polar surface area (TPSA) is 107 Å². The summed E-state index contributed by atoms with van der Waals surface area (Å²) in [7, 11) is 5.38. The third kappa shape index (κ3) is 4.79. The van der Waals surface area contributed by atoms with Gasteiger partial charge in [-0.1, -0.05) is 6.07 Å². The van der Waals surface area contributed by atoms with E-state index in [4.69, 9.17) is 14.6 Å². The average molecular weight is 482 g/mol. The zero-order valence-electron chi connectivity index (χ0n) is 19.8. The van der Waals surface area contributed by atoms with E-state index in [0.717, 1.165) is 38.8 Å². The second-order valence-corrected chi connectivity index (χ2v) is 8.80. The zero-order valence-corrected chi connectivity index (χ0v) is 20.6. The van der Waals surface area contributed by atoms with Gasteiger partial charge in [-0.3, -0.25) is 0 Å². The van der Waals surface area contributed by atoms with Crippen LogP contribution in [0.5, 0.6) is 5.75 Å². The number of anilines is 1. The fourth-order valence-corrected chi connectivity index (χ4v) is 4.37. The van der Waals surface area contributed by atoms with Gasteiger partial charge in [-0.15, -0.1) is 16.4 Å². The van der Waals surface area contributed by atoms with Crippen LogP contribution in [0.25, 0.3) is 16.6 Å². The SMILES string of the molecule is CNC(=O)OCCC(Oc1cccc(-n2nc3c(N(C)C)nnc(C)c3c2C)c1)c1nccs1. The molecule has 0 saturated heterocycles. The summed E-state index contributed by atoms with van der Waals surface area (Å²) in [6.45, 7) is 4.16. The number of hydrogen-bond acceptors (Lipinski definition) is 9. The van der Waals surface area contributed by atoms with Crippen LogP contribution < -0.4 is 15.0 Å². The molecule has 0 fully saturated rings. The number of aromatic nitrogens is 5. The van der Waals surface area contributed by atoms with Crippen LogP contribution in [0.15, 0.2) is 35.8 Å². The third-order valence-corrected chi connectivity index (χ3v) is 6.16. The standard InChI is InChI=1S/C23H27N7O3S/c1-14-19-15(2)30(28-20(19)21(27-26-14)29(4)5)16-7-6-8-17(13-16)33-18(22-25-10-12-34-22)9-11-32-23(31)24-3/h6-8,10,12-13,18H,9,11H2,1-5H3,(H,24,31). The summed E-state index contributed by atoms with van der Waals surface area (Å²) in [6.07, 6.45) is 1.38. The smallest absolute Gasteiger partial charge is 0.406 e. The molecule has 0 spiro atoms. The van der Waals surface area contributed by atoms with Gasteiger partial charge in [-0.25, -0.2) is 14.5 Å². The van der Waals surface area contributed by atoms with Crippen LogP contribution in [0.2, 0.25) is 0 Å². The number of benzene rings is 1. The van der Waals surface area contributed by atoms with Gasteiger partial charge < -0.3 is 19.7 Å². The molecule has 3 heterocycles. The molecule has 1 aromatic carbocycles. The summed E-state index contributed by atoms with van der Waals surface area (Å²) in [4.78, 5) is 17.7. The lowest BCUT2D eigenvalue weighted by molar-refractivity contribution is 0.117. The van der Waals surface area contributed by atoms with E-state index in [1.807, 2.05) is 67.2 Å². The van der Waals surface area contributed by atoms with Crippen molar-refractivity contribution in [3.05, 3.63) is 52.2 Å². The molecule has 0 aliphatic carbocycles. The molecular formula is C23H27N7O3S. The van der Waals surface area contributed by atoms with Gasteiger partial charge in [0.25, 0.3) is 0 Å². The minimum absolute atomic E-state index is 0.208. The van der Waals surface area contributed by atoms with E-state index in [1.165, 1.54) is 18.4 Å². The van der Waals surface area contributed by atoms with Gasteiger partial charge in [-0.2, -0.15) is 10.2 Å². The number of hydrogen-bond donors (Lipinski definition) is 1. The summed E-state index contributed by atoms with van der Waals surface area (Å²) < 4.78 is 13.3. The molecule has 1 amide bonds. The minimum atomic E-state index is -0.475. The Hall–Kier alpha value is -3.73. The first-order chi connectivity index (χ1) is 16.4. The van der Waals surface area contributed by atoms with E-state index < -0.39 is 6.09 Å². The van der Waals surface area contributed by atoms with Crippen LogP contribution >= 0.6 is 11.3 Å². The highest BCUT2D eigenvalue weighted by molar-refractivity contribution is 7.09. The highest BCUT2D eigenvalue weighted by atomic mass is 32.1. The Morgan fingerprint density at radius 2 is 2.09 bits per heavy atom. The average Bonchev–Trinajstić information content (AvgIpc) is 3.47. The van der Waals surface area contributed by atoms with Gasteiger partial charge in [0.2, 0.25) is 0 Å². The maximum Gasteiger partial charge on any atom is 0.406 e. The maximum absolute atomic E-state index is 11.4. The van der Waals surface area contributed by atoms with Crippen LogP contribution in [0, 0.1) is 13.8 Å². The van der Waals surface area contributed by atoms with Crippen molar-refractivity contribution >= 4 is 34.2 Å². The molecule has 0 saturated carbocycles. The van der Waals surface area contributed by atoms with Crippen molar-refractivity contribution in [1.82, 2.24) is 30.3 Å². The zero-order chi connectivity index (χ0) is 24.2. The lowest BCUT2D eigenvalue weighted by Crippen LogP contribution is -2.21. The highest BCUT2D eigenvalue weighted by Crippen LogP contribution is 2.31. The number of carbonyl (C=O) groups is 1. The fourth-order valence-electron chi connectivity index (χ4n) is 3.67. The number of fused-ring (bicyclic) bond motifs is 1. The number of nitrogens with one attached hydrogen (secondary N) is 1. The molecule has 34 heavy (non-hydrogen) atoms. The van der Waals surface area contributed by atoms with Crippen LogP contribution in [-0.4, -0.2) is 58.8 Å². The van der Waals surface area contributed by atoms with Crippen molar-refractivity contribution < 1.29 is 14.3 Å². The molecule has 0 radical (unpaired) electrons. The van der Waals surface area contributed by atoms with Crippen molar-refractivity contribution in [2.24, 2.45) is 0 Å². The van der Waals surface area contributed by atoms with Gasteiger partial charge >= 0.3 is 6.09 Å². The Bertz CT molecular complexity index is 1290. The van der Waals surface area contributed by atoms with E-state index in [9.17, 15) is 4.79 Å². The van der Waals surface area contributed by atoms with Gasteiger partial charge in [0, 0.05) is 45.2 Å². The largest absolute Gasteiger partial charge is 0.483 e. The van der Waals surface area contributed by atoms with Crippen LogP contribution in [-0.2, 0) is 4.74 Å². The van der Waals surface area contributed by atoms with Gasteiger partial charge in [0.05, 0.1) is 29.1 Å². The Labute approximate surface area is 201 Å². The molecule has 4 rings (SSSR count). The molecule has 3 aromatic heterocycles. The number of rotatable bonds is 8. The first kappa shape index (κ1) is 23.4. The summed E-state index contributed by atoms with van der Waals surface area (Å²) >= 11 is 1.50. The van der Waals surface area contributed by atoms with Crippen LogP contribution in [0.3, 0.4) is 0 Å². The van der Waals surface area contributed by atoms with Crippen LogP contribution in [0.1, 0.15) is 28.9 Å². The number of nitrogens with zero attached hydrogens (tertiary/aromatic N) is 6. The lowest BCUT2D eigenvalue weighted by atomic mass is 10.2. The molecule has 1 N–H and O–H groups in total. The Balaban J connectivity index is 1.64. The normalized spacial score (nSPS) is 11.9. The predicted octanol–water partition coefficient (Wildman–Crippen LogP) is 3.82. The molecule has 0 aliphatic heterocycles. The highest BCUT2D eigenvalue weighted by Gasteiger charge is 2.20. The number of ether oxygens (including phenoxy) is 2. The van der Waals surface area contributed by atoms with Crippen LogP contribution in [0.4, 0.5) is 10.6 Å². The molecule has 0 bridgehead atoms. The van der Waals surface area contributed by atoms with Gasteiger partial charge in [-0.05, 0) is 26.0 Å². The monoisotopic (exact) mass is 481 g/mol. The van der Waals surface area contributed by atoms with E-state index in [-0.39, 0.29) is 12.7 Å². The first-order valence-corrected chi connectivity index (χ1v) is 11.7. The molecular weight excluding hydrogens is 454 g/mol. The summed E-state index contributed by atoms with van der Waals surface area (Å²) in [6, 6.07) is 7.73. The minimum Gasteiger partial charge on any atom is -0.483 e. The predicted molar refractivity (Wildman–Crippen MR) is 131 cm³/mol. The summed E-state index contributed by atoms with van der Waals surface area (Å²) in [5, 5.41) is 19.6. The third-order valence-electron chi connectivity index (χ3n) is 5.29. The Kier molecular flexibility index (Phi) is 6.92. The van der Waals surface area contributed by atoms with Crippen molar-refractivity contribution in [3.8, 4) is 11.4 Å². The maximum atomic E-state index is 11.4. The van der Waals surface area contributed by atoms with E-state index in [2.05, 4.69) is 20.5 Å². The molecule has 1 atom stereocenters. The van der Waals surface area contributed by atoms with Gasteiger partial charge in [0.15, 0.2) is 11.9 Å². The number of alkyl carbamates (subject to hydrolysis) is 1. The molecule has 11 heteroatoms. The molecule has 1 unspecified atom stereocenters. The van der Waals surface area contributed by atoms with E-state index >= 15 is 0 Å². The number of aryl methyl sites for hydroxylation is 2. The van der Waals surface area contributed by atoms with Crippen molar-refractivity contribution in [1.29, 1.82) is 0 Å². The van der Waals surface area contributed by atoms with E-state index in [0.29, 0.717) is 12.2 Å². The fraction of sp³-hybridized carbons (Fsp3) is 0.348. The summed E-state index contributed by atoms with van der Waals surface area (Å²) in [5.74, 6) is 1.38. The first-order valence-electron chi connectivity index (χ1n) is 10.8. The number of amides is 1. The Morgan fingerprint density at radius 3 is 2.79 bits per heavy atom. The van der Waals surface area contributed by atoms with Crippen molar-refractivity contribution in [3.63, 3.8) is 0 Å². The number of carbonyl (C=O) groups excluding carboxylic acids is 1. The molecule has 4 aromatic rings. The molecule has 10 nitrogen and oxygen atoms in total. The second-order valence-electron chi connectivity index (χ2n) is 7.87. The lowest BCUT2D eigenvalue weighted by Gasteiger charge is -2.18. The second kappa shape index (κ2) is 10.0. The van der Waals surface area contributed by atoms with Gasteiger partial charge in [0.1, 0.15) is 16.3 Å². The quantitative estimate of drug-likeness (QED) is 0.405. The van der Waals surface area contributed by atoms with Crippen molar-refractivity contribution in [2.45, 2.75) is 26.4 Å². The Morgan fingerprint density at radius 1 is 1.26 bits per heavy atom. The van der Waals surface area contributed by atoms with Crippen molar-refractivity contribution in [2.75, 3.05) is 32.6 Å². The van der Waals surface area contributed by atoms with E-state index in [1.54, 1.807) is 6.20 Å².